The number of hydrogen-bond donors (Lipinski definition) is 2. The summed E-state index contributed by atoms with van der Waals surface area (Å²) in [5.41, 5.74) is 8.98. The number of carbonyl (C=O) groups is 1. The summed E-state index contributed by atoms with van der Waals surface area (Å²) >= 11 is 0. The summed E-state index contributed by atoms with van der Waals surface area (Å²) < 4.78 is 0. The molecule has 2 aromatic rings. The number of halogens is 2. The predicted molar refractivity (Wildman–Crippen MR) is 90.4 cm³/mol. The molecule has 114 valence electrons. The zero-order valence-electron chi connectivity index (χ0n) is 11.7. The number of carbonyl (C=O) groups excluding carboxylic acids is 1. The number of primary amides is 1. The van der Waals surface area contributed by atoms with E-state index < -0.39 is 5.91 Å². The summed E-state index contributed by atoms with van der Waals surface area (Å²) in [6.45, 7) is 2.69. The number of nitrogens with zero attached hydrogens (tertiary/aromatic N) is 1. The fourth-order valence-electron chi connectivity index (χ4n) is 2.00. The van der Waals surface area contributed by atoms with E-state index in [1.54, 1.807) is 18.5 Å². The molecule has 3 N–H and O–H groups in total. The molecule has 0 aliphatic heterocycles. The highest BCUT2D eigenvalue weighted by molar-refractivity contribution is 5.99. The molecule has 0 unspecified atom stereocenters. The molecule has 0 atom stereocenters. The van der Waals surface area contributed by atoms with Crippen LogP contribution in [0, 0.1) is 0 Å². The van der Waals surface area contributed by atoms with Gasteiger partial charge in [0.05, 0.1) is 11.3 Å². The van der Waals surface area contributed by atoms with Crippen LogP contribution in [0.4, 0.5) is 5.69 Å². The molecule has 2 rings (SSSR count). The van der Waals surface area contributed by atoms with Gasteiger partial charge in [0, 0.05) is 18.9 Å². The van der Waals surface area contributed by atoms with Gasteiger partial charge in [-0.3, -0.25) is 9.78 Å². The van der Waals surface area contributed by atoms with Crippen LogP contribution in [0.25, 0.3) is 0 Å². The molecule has 1 aromatic heterocycles. The molecular formula is C15H19Cl2N3O. The Balaban J connectivity index is 0.00000200. The van der Waals surface area contributed by atoms with Gasteiger partial charge in [0.25, 0.3) is 5.91 Å². The van der Waals surface area contributed by atoms with Crippen LogP contribution in [0.15, 0.2) is 42.7 Å². The standard InChI is InChI=1S/C15H17N3O.2ClH/c1-2-12-4-3-5-13(15(16)19)14(12)18-10-11-6-8-17-9-7-11;;/h3-9,18H,2,10H2,1H3,(H2,16,19);2*1H. The van der Waals surface area contributed by atoms with Crippen molar-refractivity contribution in [1.29, 1.82) is 0 Å². The zero-order valence-corrected chi connectivity index (χ0v) is 13.3. The van der Waals surface area contributed by atoms with Gasteiger partial charge >= 0.3 is 0 Å². The molecule has 0 radical (unpaired) electrons. The smallest absolute Gasteiger partial charge is 0.250 e. The highest BCUT2D eigenvalue weighted by atomic mass is 35.5. The van der Waals surface area contributed by atoms with Crippen LogP contribution in [-0.2, 0) is 13.0 Å². The van der Waals surface area contributed by atoms with Gasteiger partial charge in [0.1, 0.15) is 0 Å². The molecule has 0 aliphatic carbocycles. The van der Waals surface area contributed by atoms with E-state index in [1.165, 1.54) is 0 Å². The Kier molecular flexibility index (Phi) is 8.43. The number of nitrogens with one attached hydrogen (secondary N) is 1. The highest BCUT2D eigenvalue weighted by Crippen LogP contribution is 2.22. The van der Waals surface area contributed by atoms with E-state index in [2.05, 4.69) is 17.2 Å². The highest BCUT2D eigenvalue weighted by Gasteiger charge is 2.11. The normalized spacial score (nSPS) is 9.19. The first-order valence-corrected chi connectivity index (χ1v) is 6.26. The second-order valence-electron chi connectivity index (χ2n) is 4.27. The number of nitrogens with two attached hydrogens (primary N) is 1. The second-order valence-corrected chi connectivity index (χ2v) is 4.27. The van der Waals surface area contributed by atoms with Gasteiger partial charge in [-0.1, -0.05) is 19.1 Å². The Labute approximate surface area is 137 Å². The number of benzene rings is 1. The van der Waals surface area contributed by atoms with Crippen molar-refractivity contribution in [2.75, 3.05) is 5.32 Å². The van der Waals surface area contributed by atoms with Crippen molar-refractivity contribution < 1.29 is 4.79 Å². The molecule has 0 aliphatic rings. The maximum absolute atomic E-state index is 11.5. The quantitative estimate of drug-likeness (QED) is 0.886. The van der Waals surface area contributed by atoms with Crippen LogP contribution in [0.5, 0.6) is 0 Å². The third kappa shape index (κ3) is 4.92. The van der Waals surface area contributed by atoms with Crippen molar-refractivity contribution >= 4 is 36.4 Å². The van der Waals surface area contributed by atoms with Crippen molar-refractivity contribution in [3.63, 3.8) is 0 Å². The van der Waals surface area contributed by atoms with Crippen molar-refractivity contribution in [3.05, 3.63) is 59.4 Å². The Morgan fingerprint density at radius 1 is 1.19 bits per heavy atom. The van der Waals surface area contributed by atoms with Gasteiger partial charge in [-0.25, -0.2) is 0 Å². The number of pyridine rings is 1. The van der Waals surface area contributed by atoms with Crippen LogP contribution >= 0.6 is 24.8 Å². The molecule has 0 fully saturated rings. The van der Waals surface area contributed by atoms with Crippen molar-refractivity contribution in [1.82, 2.24) is 4.98 Å². The summed E-state index contributed by atoms with van der Waals surface area (Å²) in [6, 6.07) is 9.48. The Morgan fingerprint density at radius 3 is 2.43 bits per heavy atom. The van der Waals surface area contributed by atoms with Crippen LogP contribution in [0.2, 0.25) is 0 Å². The molecule has 0 bridgehead atoms. The van der Waals surface area contributed by atoms with Gasteiger partial charge in [-0.2, -0.15) is 0 Å². The summed E-state index contributed by atoms with van der Waals surface area (Å²) in [7, 11) is 0. The summed E-state index contributed by atoms with van der Waals surface area (Å²) in [5.74, 6) is -0.410. The lowest BCUT2D eigenvalue weighted by molar-refractivity contribution is 0.100. The first-order chi connectivity index (χ1) is 9.22. The van der Waals surface area contributed by atoms with Gasteiger partial charge in [0.15, 0.2) is 0 Å². The summed E-state index contributed by atoms with van der Waals surface area (Å²) in [6.07, 6.45) is 4.34. The molecule has 0 spiro atoms. The fraction of sp³-hybridized carbons (Fsp3) is 0.200. The third-order valence-electron chi connectivity index (χ3n) is 3.02. The average molecular weight is 328 g/mol. The molecular weight excluding hydrogens is 309 g/mol. The Hall–Kier alpha value is -1.78. The van der Waals surface area contributed by atoms with E-state index >= 15 is 0 Å². The van der Waals surface area contributed by atoms with E-state index in [4.69, 9.17) is 5.73 Å². The minimum Gasteiger partial charge on any atom is -0.380 e. The number of hydrogen-bond acceptors (Lipinski definition) is 3. The molecule has 21 heavy (non-hydrogen) atoms. The largest absolute Gasteiger partial charge is 0.380 e. The number of aryl methyl sites for hydroxylation is 1. The summed E-state index contributed by atoms with van der Waals surface area (Å²) in [4.78, 5) is 15.5. The first-order valence-electron chi connectivity index (χ1n) is 6.26. The van der Waals surface area contributed by atoms with Gasteiger partial charge < -0.3 is 11.1 Å². The molecule has 1 heterocycles. The number of rotatable bonds is 5. The Bertz CT molecular complexity index is 576. The van der Waals surface area contributed by atoms with Crippen molar-refractivity contribution in [2.45, 2.75) is 19.9 Å². The van der Waals surface area contributed by atoms with Crippen molar-refractivity contribution in [2.24, 2.45) is 5.73 Å². The SMILES string of the molecule is CCc1cccc(C(N)=O)c1NCc1ccncc1.Cl.Cl. The van der Waals surface area contributed by atoms with Crippen LogP contribution in [0.1, 0.15) is 28.4 Å². The second kappa shape index (κ2) is 9.21. The van der Waals surface area contributed by atoms with Gasteiger partial charge in [0.2, 0.25) is 0 Å². The van der Waals surface area contributed by atoms with E-state index in [-0.39, 0.29) is 24.8 Å². The fourth-order valence-corrected chi connectivity index (χ4v) is 2.00. The van der Waals surface area contributed by atoms with E-state index in [1.807, 2.05) is 24.3 Å². The molecule has 0 saturated carbocycles. The maximum Gasteiger partial charge on any atom is 0.250 e. The van der Waals surface area contributed by atoms with Crippen molar-refractivity contribution in [3.8, 4) is 0 Å². The molecule has 6 heteroatoms. The summed E-state index contributed by atoms with van der Waals surface area (Å²) in [5, 5.41) is 3.30. The lowest BCUT2D eigenvalue weighted by Gasteiger charge is -2.14. The van der Waals surface area contributed by atoms with Gasteiger partial charge in [-0.15, -0.1) is 24.8 Å². The first kappa shape index (κ1) is 19.2. The predicted octanol–water partition coefficient (Wildman–Crippen LogP) is 3.20. The molecule has 1 aromatic carbocycles. The lowest BCUT2D eigenvalue weighted by Crippen LogP contribution is -2.15. The number of amides is 1. The third-order valence-corrected chi connectivity index (χ3v) is 3.02. The molecule has 0 saturated heterocycles. The maximum atomic E-state index is 11.5. The van der Waals surface area contributed by atoms with Gasteiger partial charge in [-0.05, 0) is 35.7 Å². The van der Waals surface area contributed by atoms with Crippen LogP contribution < -0.4 is 11.1 Å². The lowest BCUT2D eigenvalue weighted by atomic mass is 10.0. The average Bonchev–Trinajstić information content (AvgIpc) is 2.45. The zero-order chi connectivity index (χ0) is 13.7. The van der Waals surface area contributed by atoms with E-state index in [9.17, 15) is 4.79 Å². The number of aromatic nitrogens is 1. The van der Waals surface area contributed by atoms with E-state index in [0.717, 1.165) is 23.2 Å². The topological polar surface area (TPSA) is 68.0 Å². The van der Waals surface area contributed by atoms with Crippen LogP contribution in [-0.4, -0.2) is 10.9 Å². The Morgan fingerprint density at radius 2 is 1.86 bits per heavy atom. The minimum absolute atomic E-state index is 0. The van der Waals surface area contributed by atoms with E-state index in [0.29, 0.717) is 12.1 Å². The minimum atomic E-state index is -0.410. The van der Waals surface area contributed by atoms with Crippen LogP contribution in [0.3, 0.4) is 0 Å². The molecule has 4 nitrogen and oxygen atoms in total. The molecule has 1 amide bonds. The number of para-hydroxylation sites is 1. The monoisotopic (exact) mass is 327 g/mol. The number of anilines is 1.